The molecule has 2 heterocycles. The Kier molecular flexibility index (Phi) is 4.52. The smallest absolute Gasteiger partial charge is 0.266 e. The first kappa shape index (κ1) is 19.0. The summed E-state index contributed by atoms with van der Waals surface area (Å²) < 4.78 is 0. The van der Waals surface area contributed by atoms with Gasteiger partial charge in [-0.15, -0.1) is 0 Å². The summed E-state index contributed by atoms with van der Waals surface area (Å²) in [5.74, 6) is -3.18. The van der Waals surface area contributed by atoms with Gasteiger partial charge in [0.25, 0.3) is 5.91 Å². The molecule has 7 nitrogen and oxygen atoms in total. The molecule has 2 fully saturated rings. The molecule has 0 aromatic heterocycles. The number of anilines is 2. The molecule has 2 aliphatic heterocycles. The van der Waals surface area contributed by atoms with Crippen LogP contribution >= 0.6 is 0 Å². The van der Waals surface area contributed by atoms with Crippen molar-refractivity contribution in [3.63, 3.8) is 0 Å². The maximum Gasteiger partial charge on any atom is 0.266 e. The molecule has 3 atom stereocenters. The van der Waals surface area contributed by atoms with Crippen molar-refractivity contribution in [2.24, 2.45) is 5.92 Å². The minimum absolute atomic E-state index is 0.0453. The van der Waals surface area contributed by atoms with Crippen molar-refractivity contribution >= 4 is 29.2 Å². The van der Waals surface area contributed by atoms with Crippen molar-refractivity contribution in [3.05, 3.63) is 96.1 Å². The monoisotopic (exact) mass is 413 g/mol. The standard InChI is InChI=1S/C24H18N2O5/c27-22-19-20(17-13-7-8-14-18(17)24(29)30)26(16-11-5-2-6-12-16)31-21(19)23(28)25(22)15-9-3-1-4-10-15/h1-14,19-21H,(H,29,30)/p-1/t19-,20+,21-/m1/s1. The number of amides is 2. The molecule has 0 aliphatic carbocycles. The molecule has 0 N–H and O–H groups in total. The molecule has 3 aromatic carbocycles. The van der Waals surface area contributed by atoms with Crippen LogP contribution in [0.4, 0.5) is 11.4 Å². The maximum atomic E-state index is 13.5. The Hall–Kier alpha value is -3.97. The van der Waals surface area contributed by atoms with Crippen LogP contribution in [0.5, 0.6) is 0 Å². The van der Waals surface area contributed by atoms with E-state index in [9.17, 15) is 19.5 Å². The zero-order chi connectivity index (χ0) is 21.5. The molecule has 2 saturated heterocycles. The number of carboxylic acids is 1. The van der Waals surface area contributed by atoms with Crippen LogP contribution in [0.2, 0.25) is 0 Å². The number of imide groups is 1. The number of carboxylic acid groups (broad SMARTS) is 1. The van der Waals surface area contributed by atoms with E-state index in [-0.39, 0.29) is 5.56 Å². The van der Waals surface area contributed by atoms with Gasteiger partial charge >= 0.3 is 0 Å². The Morgan fingerprint density at radius 1 is 0.774 bits per heavy atom. The number of rotatable bonds is 4. The number of carbonyl (C=O) groups excluding carboxylic acids is 3. The average Bonchev–Trinajstić information content (AvgIpc) is 3.31. The second kappa shape index (κ2) is 7.37. The largest absolute Gasteiger partial charge is 0.545 e. The van der Waals surface area contributed by atoms with Crippen LogP contribution in [0.3, 0.4) is 0 Å². The van der Waals surface area contributed by atoms with E-state index in [0.29, 0.717) is 16.9 Å². The number of hydrogen-bond acceptors (Lipinski definition) is 6. The summed E-state index contributed by atoms with van der Waals surface area (Å²) in [5, 5.41) is 13.3. The van der Waals surface area contributed by atoms with Gasteiger partial charge in [0.1, 0.15) is 5.92 Å². The third-order valence-electron chi connectivity index (χ3n) is 5.64. The molecule has 0 unspecified atom stereocenters. The average molecular weight is 413 g/mol. The quantitative estimate of drug-likeness (QED) is 0.609. The fourth-order valence-electron chi connectivity index (χ4n) is 4.30. The van der Waals surface area contributed by atoms with Gasteiger partial charge in [-0.2, -0.15) is 0 Å². The highest BCUT2D eigenvalue weighted by Crippen LogP contribution is 2.48. The third-order valence-corrected chi connectivity index (χ3v) is 5.64. The van der Waals surface area contributed by atoms with Crippen LogP contribution in [0.15, 0.2) is 84.9 Å². The zero-order valence-corrected chi connectivity index (χ0v) is 16.3. The molecule has 7 heteroatoms. The summed E-state index contributed by atoms with van der Waals surface area (Å²) in [7, 11) is 0. The van der Waals surface area contributed by atoms with E-state index >= 15 is 0 Å². The SMILES string of the molecule is O=C([O-])c1ccccc1[C@H]1[C@H]2C(=O)N(c3ccccc3)C(=O)[C@@H]2ON1c1ccccc1. The van der Waals surface area contributed by atoms with Crippen molar-refractivity contribution < 1.29 is 24.3 Å². The number of aromatic carboxylic acids is 1. The molecule has 0 bridgehead atoms. The van der Waals surface area contributed by atoms with Gasteiger partial charge in [0, 0.05) is 5.56 Å². The van der Waals surface area contributed by atoms with Gasteiger partial charge in [0.05, 0.1) is 23.4 Å². The summed E-state index contributed by atoms with van der Waals surface area (Å²) in [6, 6.07) is 23.1. The summed E-state index contributed by atoms with van der Waals surface area (Å²) in [6.45, 7) is 0. The molecule has 5 rings (SSSR count). The number of para-hydroxylation sites is 2. The molecular formula is C24H17N2O5-. The van der Waals surface area contributed by atoms with Crippen LogP contribution in [0.1, 0.15) is 22.0 Å². The van der Waals surface area contributed by atoms with E-state index < -0.39 is 35.8 Å². The third kappa shape index (κ3) is 2.98. The van der Waals surface area contributed by atoms with Crippen molar-refractivity contribution in [1.29, 1.82) is 0 Å². The van der Waals surface area contributed by atoms with E-state index in [1.807, 2.05) is 6.07 Å². The highest BCUT2D eigenvalue weighted by atomic mass is 16.7. The van der Waals surface area contributed by atoms with Gasteiger partial charge in [0.15, 0.2) is 6.10 Å². The van der Waals surface area contributed by atoms with Crippen LogP contribution in [-0.2, 0) is 14.4 Å². The maximum absolute atomic E-state index is 13.5. The van der Waals surface area contributed by atoms with Crippen LogP contribution in [0, 0.1) is 5.92 Å². The van der Waals surface area contributed by atoms with E-state index in [1.54, 1.807) is 72.8 Å². The molecule has 0 radical (unpaired) electrons. The number of hydrogen-bond donors (Lipinski definition) is 0. The lowest BCUT2D eigenvalue weighted by atomic mass is 9.88. The molecule has 2 aliphatic rings. The number of carbonyl (C=O) groups is 3. The minimum Gasteiger partial charge on any atom is -0.545 e. The molecule has 0 spiro atoms. The first-order valence-corrected chi connectivity index (χ1v) is 9.82. The fraction of sp³-hybridized carbons (Fsp3) is 0.125. The molecule has 3 aromatic rings. The highest BCUT2D eigenvalue weighted by Gasteiger charge is 2.60. The summed E-state index contributed by atoms with van der Waals surface area (Å²) in [5.41, 5.74) is 1.38. The van der Waals surface area contributed by atoms with Gasteiger partial charge in [-0.05, 0) is 29.8 Å². The second-order valence-electron chi connectivity index (χ2n) is 7.38. The van der Waals surface area contributed by atoms with E-state index in [1.165, 1.54) is 11.1 Å². The Balaban J connectivity index is 1.64. The van der Waals surface area contributed by atoms with Crippen molar-refractivity contribution in [2.75, 3.05) is 9.96 Å². The molecule has 31 heavy (non-hydrogen) atoms. The van der Waals surface area contributed by atoms with Crippen LogP contribution < -0.4 is 15.1 Å². The summed E-state index contributed by atoms with van der Waals surface area (Å²) >= 11 is 0. The van der Waals surface area contributed by atoms with Crippen LogP contribution in [0.25, 0.3) is 0 Å². The molecule has 2 amide bonds. The predicted octanol–water partition coefficient (Wildman–Crippen LogP) is 2.10. The Labute approximate surface area is 178 Å². The minimum atomic E-state index is -1.36. The molecular weight excluding hydrogens is 396 g/mol. The number of fused-ring (bicyclic) bond motifs is 1. The topological polar surface area (TPSA) is 90.0 Å². The lowest BCUT2D eigenvalue weighted by molar-refractivity contribution is -0.255. The van der Waals surface area contributed by atoms with E-state index in [4.69, 9.17) is 4.84 Å². The van der Waals surface area contributed by atoms with Gasteiger partial charge in [0.2, 0.25) is 5.91 Å². The van der Waals surface area contributed by atoms with Crippen molar-refractivity contribution in [3.8, 4) is 0 Å². The van der Waals surface area contributed by atoms with E-state index in [0.717, 1.165) is 4.90 Å². The number of hydroxylamine groups is 1. The summed E-state index contributed by atoms with van der Waals surface area (Å²) in [4.78, 5) is 45.6. The molecule has 0 saturated carbocycles. The normalized spacial score (nSPS) is 22.6. The zero-order valence-electron chi connectivity index (χ0n) is 16.3. The van der Waals surface area contributed by atoms with Crippen LogP contribution in [-0.4, -0.2) is 23.9 Å². The van der Waals surface area contributed by atoms with Gasteiger partial charge < -0.3 is 9.90 Å². The summed E-state index contributed by atoms with van der Waals surface area (Å²) in [6.07, 6.45) is -1.06. The fourth-order valence-corrected chi connectivity index (χ4v) is 4.30. The molecule has 154 valence electrons. The van der Waals surface area contributed by atoms with Gasteiger partial charge in [-0.3, -0.25) is 14.4 Å². The predicted molar refractivity (Wildman–Crippen MR) is 110 cm³/mol. The Bertz CT molecular complexity index is 1160. The second-order valence-corrected chi connectivity index (χ2v) is 7.38. The van der Waals surface area contributed by atoms with Gasteiger partial charge in [-0.25, -0.2) is 9.96 Å². The van der Waals surface area contributed by atoms with E-state index in [2.05, 4.69) is 0 Å². The Morgan fingerprint density at radius 2 is 1.35 bits per heavy atom. The number of nitrogens with zero attached hydrogens (tertiary/aromatic N) is 2. The Morgan fingerprint density at radius 3 is 2.00 bits per heavy atom. The van der Waals surface area contributed by atoms with Crippen molar-refractivity contribution in [1.82, 2.24) is 0 Å². The van der Waals surface area contributed by atoms with Crippen molar-refractivity contribution in [2.45, 2.75) is 12.1 Å². The first-order valence-electron chi connectivity index (χ1n) is 9.82. The van der Waals surface area contributed by atoms with Gasteiger partial charge in [-0.1, -0.05) is 60.7 Å². The first-order chi connectivity index (χ1) is 15.1. The highest BCUT2D eigenvalue weighted by molar-refractivity contribution is 6.24. The lowest BCUT2D eigenvalue weighted by Gasteiger charge is -2.30. The lowest BCUT2D eigenvalue weighted by Crippen LogP contribution is -2.38. The number of benzene rings is 3.